The van der Waals surface area contributed by atoms with Gasteiger partial charge in [-0.3, -0.25) is 0 Å². The minimum Gasteiger partial charge on any atom is -0.379 e. The van der Waals surface area contributed by atoms with Gasteiger partial charge < -0.3 is 18.9 Å². The van der Waals surface area contributed by atoms with Crippen molar-refractivity contribution in [1.82, 2.24) is 0 Å². The lowest BCUT2D eigenvalue weighted by molar-refractivity contribution is -0.206. The largest absolute Gasteiger partial charge is 0.379 e. The van der Waals surface area contributed by atoms with Crippen molar-refractivity contribution in [2.45, 2.75) is 57.1 Å². The van der Waals surface area contributed by atoms with E-state index in [1.54, 1.807) is 7.11 Å². The predicted octanol–water partition coefficient (Wildman–Crippen LogP) is 2.51. The van der Waals surface area contributed by atoms with E-state index in [9.17, 15) is 0 Å². The van der Waals surface area contributed by atoms with Crippen LogP contribution in [0.5, 0.6) is 0 Å². The molecule has 0 N–H and O–H groups in total. The highest BCUT2D eigenvalue weighted by molar-refractivity contribution is 5.13. The average Bonchev–Trinajstić information content (AvgIpc) is 2.72. The van der Waals surface area contributed by atoms with E-state index in [4.69, 9.17) is 18.9 Å². The van der Waals surface area contributed by atoms with E-state index in [-0.39, 0.29) is 30.2 Å². The molecule has 2 saturated heterocycles. The quantitative estimate of drug-likeness (QED) is 0.848. The van der Waals surface area contributed by atoms with Crippen LogP contribution >= 0.6 is 0 Å². The molecule has 1 aromatic carbocycles. The van der Waals surface area contributed by atoms with Gasteiger partial charge in [-0.25, -0.2) is 0 Å². The molecular formula is C16H22O4. The van der Waals surface area contributed by atoms with Crippen LogP contribution in [0, 0.1) is 0 Å². The molecule has 0 aliphatic carbocycles. The van der Waals surface area contributed by atoms with Crippen molar-refractivity contribution in [3.8, 4) is 0 Å². The zero-order chi connectivity index (χ0) is 14.2. The van der Waals surface area contributed by atoms with Gasteiger partial charge in [-0.15, -0.1) is 0 Å². The standard InChI is InChI=1S/C16H22O4/c1-16(2)14-12(17-3)9-13(15(19-14)20-16)18-10-11-7-5-4-6-8-11/h4-8,12-15H,9-10H2,1-3H3. The van der Waals surface area contributed by atoms with Crippen LogP contribution in [0.4, 0.5) is 0 Å². The van der Waals surface area contributed by atoms with Crippen molar-refractivity contribution < 1.29 is 18.9 Å². The molecule has 4 nitrogen and oxygen atoms in total. The van der Waals surface area contributed by atoms with Crippen LogP contribution < -0.4 is 0 Å². The Morgan fingerprint density at radius 2 is 1.95 bits per heavy atom. The van der Waals surface area contributed by atoms with Gasteiger partial charge in [-0.2, -0.15) is 0 Å². The summed E-state index contributed by atoms with van der Waals surface area (Å²) >= 11 is 0. The molecule has 110 valence electrons. The summed E-state index contributed by atoms with van der Waals surface area (Å²) < 4.78 is 23.5. The van der Waals surface area contributed by atoms with Gasteiger partial charge in [0.05, 0.1) is 18.3 Å². The van der Waals surface area contributed by atoms with Gasteiger partial charge in [0, 0.05) is 13.5 Å². The molecule has 0 spiro atoms. The molecule has 2 fully saturated rings. The molecule has 0 aromatic heterocycles. The number of rotatable bonds is 4. The van der Waals surface area contributed by atoms with Crippen LogP contribution in [0.2, 0.25) is 0 Å². The molecule has 20 heavy (non-hydrogen) atoms. The Kier molecular flexibility index (Phi) is 3.82. The molecule has 2 heterocycles. The van der Waals surface area contributed by atoms with Crippen molar-refractivity contribution in [1.29, 1.82) is 0 Å². The van der Waals surface area contributed by atoms with E-state index in [0.29, 0.717) is 6.61 Å². The summed E-state index contributed by atoms with van der Waals surface area (Å²) in [5.41, 5.74) is 0.830. The lowest BCUT2D eigenvalue weighted by atomic mass is 9.93. The highest BCUT2D eigenvalue weighted by Gasteiger charge is 2.54. The second kappa shape index (κ2) is 5.45. The molecule has 4 atom stereocenters. The van der Waals surface area contributed by atoms with Gasteiger partial charge in [-0.05, 0) is 19.4 Å². The predicted molar refractivity (Wildman–Crippen MR) is 74.3 cm³/mol. The van der Waals surface area contributed by atoms with Crippen molar-refractivity contribution in [3.05, 3.63) is 35.9 Å². The van der Waals surface area contributed by atoms with Gasteiger partial charge in [0.2, 0.25) is 0 Å². The first kappa shape index (κ1) is 14.0. The molecule has 0 radical (unpaired) electrons. The fourth-order valence-electron chi connectivity index (χ4n) is 3.01. The van der Waals surface area contributed by atoms with E-state index < -0.39 is 0 Å². The molecule has 4 unspecified atom stereocenters. The SMILES string of the molecule is COC1CC(OCc2ccccc2)C2OC1C(C)(C)O2. The normalized spacial score (nSPS) is 35.1. The van der Waals surface area contributed by atoms with Crippen molar-refractivity contribution in [3.63, 3.8) is 0 Å². The first-order valence-electron chi connectivity index (χ1n) is 7.12. The first-order chi connectivity index (χ1) is 9.60. The molecule has 2 bridgehead atoms. The molecular weight excluding hydrogens is 256 g/mol. The molecule has 3 rings (SSSR count). The minimum atomic E-state index is -0.323. The Morgan fingerprint density at radius 3 is 2.65 bits per heavy atom. The third-order valence-corrected chi connectivity index (χ3v) is 4.10. The second-order valence-electron chi connectivity index (χ2n) is 5.99. The van der Waals surface area contributed by atoms with Gasteiger partial charge >= 0.3 is 0 Å². The number of methoxy groups -OCH3 is 1. The number of fused-ring (bicyclic) bond motifs is 2. The highest BCUT2D eigenvalue weighted by atomic mass is 16.8. The minimum absolute atomic E-state index is 0.0181. The molecule has 4 heteroatoms. The Balaban J connectivity index is 1.66. The van der Waals surface area contributed by atoms with Gasteiger partial charge in [0.15, 0.2) is 6.29 Å². The van der Waals surface area contributed by atoms with Crippen LogP contribution in [-0.4, -0.2) is 37.3 Å². The highest BCUT2D eigenvalue weighted by Crippen LogP contribution is 2.41. The maximum Gasteiger partial charge on any atom is 0.185 e. The van der Waals surface area contributed by atoms with E-state index in [1.165, 1.54) is 0 Å². The number of ether oxygens (including phenoxy) is 4. The topological polar surface area (TPSA) is 36.9 Å². The smallest absolute Gasteiger partial charge is 0.185 e. The third kappa shape index (κ3) is 2.61. The van der Waals surface area contributed by atoms with Crippen molar-refractivity contribution >= 4 is 0 Å². The molecule has 1 aromatic rings. The van der Waals surface area contributed by atoms with Crippen molar-refractivity contribution in [2.75, 3.05) is 7.11 Å². The fraction of sp³-hybridized carbons (Fsp3) is 0.625. The number of hydrogen-bond acceptors (Lipinski definition) is 4. The molecule has 2 aliphatic heterocycles. The Morgan fingerprint density at radius 1 is 1.20 bits per heavy atom. The van der Waals surface area contributed by atoms with Gasteiger partial charge in [0.1, 0.15) is 12.2 Å². The molecule has 0 amide bonds. The lowest BCUT2D eigenvalue weighted by Crippen LogP contribution is -2.47. The zero-order valence-electron chi connectivity index (χ0n) is 12.2. The summed E-state index contributed by atoms with van der Waals surface area (Å²) in [5, 5.41) is 0. The summed E-state index contributed by atoms with van der Waals surface area (Å²) in [6.45, 7) is 4.66. The van der Waals surface area contributed by atoms with E-state index in [0.717, 1.165) is 12.0 Å². The summed E-state index contributed by atoms with van der Waals surface area (Å²) in [6.07, 6.45) is 0.434. The zero-order valence-corrected chi connectivity index (χ0v) is 12.2. The van der Waals surface area contributed by atoms with Crippen LogP contribution in [0.15, 0.2) is 30.3 Å². The Labute approximate surface area is 120 Å². The fourth-order valence-corrected chi connectivity index (χ4v) is 3.01. The van der Waals surface area contributed by atoms with Crippen molar-refractivity contribution in [2.24, 2.45) is 0 Å². The summed E-state index contributed by atoms with van der Waals surface area (Å²) in [6, 6.07) is 10.1. The van der Waals surface area contributed by atoms with Crippen LogP contribution in [0.25, 0.3) is 0 Å². The van der Waals surface area contributed by atoms with E-state index in [1.807, 2.05) is 32.0 Å². The van der Waals surface area contributed by atoms with E-state index in [2.05, 4.69) is 12.1 Å². The molecule has 2 aliphatic rings. The summed E-state index contributed by atoms with van der Waals surface area (Å²) in [4.78, 5) is 0. The lowest BCUT2D eigenvalue weighted by Gasteiger charge is -2.34. The first-order valence-corrected chi connectivity index (χ1v) is 7.12. The van der Waals surface area contributed by atoms with Gasteiger partial charge in [0.25, 0.3) is 0 Å². The Hall–Kier alpha value is -0.940. The number of hydrogen-bond donors (Lipinski definition) is 0. The molecule has 0 saturated carbocycles. The maximum absolute atomic E-state index is 5.99. The summed E-state index contributed by atoms with van der Waals surface area (Å²) in [7, 11) is 1.72. The monoisotopic (exact) mass is 278 g/mol. The average molecular weight is 278 g/mol. The van der Waals surface area contributed by atoms with Crippen LogP contribution in [0.1, 0.15) is 25.8 Å². The van der Waals surface area contributed by atoms with E-state index >= 15 is 0 Å². The van der Waals surface area contributed by atoms with Crippen LogP contribution in [-0.2, 0) is 25.6 Å². The van der Waals surface area contributed by atoms with Crippen LogP contribution in [0.3, 0.4) is 0 Å². The number of benzene rings is 1. The second-order valence-corrected chi connectivity index (χ2v) is 5.99. The maximum atomic E-state index is 5.99. The van der Waals surface area contributed by atoms with Gasteiger partial charge in [-0.1, -0.05) is 30.3 Å². The summed E-state index contributed by atoms with van der Waals surface area (Å²) in [5.74, 6) is 0. The Bertz CT molecular complexity index is 445. The third-order valence-electron chi connectivity index (χ3n) is 4.10.